The third-order valence-corrected chi connectivity index (χ3v) is 7.32. The van der Waals surface area contributed by atoms with Crippen molar-refractivity contribution in [3.05, 3.63) is 57.0 Å². The number of benzene rings is 1. The number of fused-ring (bicyclic) bond motifs is 1. The largest absolute Gasteiger partial charge is 0.287 e. The van der Waals surface area contributed by atoms with E-state index < -0.39 is 0 Å². The van der Waals surface area contributed by atoms with Crippen LogP contribution in [0.1, 0.15) is 48.2 Å². The Kier molecular flexibility index (Phi) is 6.01. The van der Waals surface area contributed by atoms with Crippen molar-refractivity contribution in [1.29, 1.82) is 0 Å². The molecule has 0 fully saturated rings. The summed E-state index contributed by atoms with van der Waals surface area (Å²) in [5.41, 5.74) is 1.99. The maximum atomic E-state index is 13.3. The molecule has 4 aromatic rings. The molecule has 0 aliphatic carbocycles. The van der Waals surface area contributed by atoms with Gasteiger partial charge in [-0.15, -0.1) is 16.4 Å². The SMILES string of the molecule is CCCCn1c(SC(C)c2nnnn2-c2ccccc2)nc2sc(C)c(C)c2c1=O. The van der Waals surface area contributed by atoms with Crippen LogP contribution in [0.2, 0.25) is 0 Å². The molecule has 30 heavy (non-hydrogen) atoms. The van der Waals surface area contributed by atoms with Gasteiger partial charge in [-0.05, 0) is 55.3 Å². The fourth-order valence-corrected chi connectivity index (χ4v) is 5.42. The smallest absolute Gasteiger partial charge is 0.263 e. The van der Waals surface area contributed by atoms with Gasteiger partial charge >= 0.3 is 0 Å². The van der Waals surface area contributed by atoms with E-state index in [1.54, 1.807) is 16.0 Å². The van der Waals surface area contributed by atoms with Gasteiger partial charge in [-0.3, -0.25) is 9.36 Å². The first-order valence-corrected chi connectivity index (χ1v) is 11.7. The molecule has 0 aliphatic rings. The number of hydrogen-bond acceptors (Lipinski definition) is 7. The molecule has 0 bridgehead atoms. The number of thiophene rings is 1. The van der Waals surface area contributed by atoms with E-state index >= 15 is 0 Å². The van der Waals surface area contributed by atoms with Crippen molar-refractivity contribution in [2.45, 2.75) is 57.5 Å². The Morgan fingerprint density at radius 3 is 2.70 bits per heavy atom. The lowest BCUT2D eigenvalue weighted by atomic mass is 10.2. The van der Waals surface area contributed by atoms with E-state index in [1.807, 2.05) is 55.7 Å². The average Bonchev–Trinajstić information content (AvgIpc) is 3.34. The molecule has 1 atom stereocenters. The van der Waals surface area contributed by atoms with E-state index in [2.05, 4.69) is 22.4 Å². The van der Waals surface area contributed by atoms with Gasteiger partial charge in [-0.1, -0.05) is 43.3 Å². The minimum absolute atomic E-state index is 0.0488. The van der Waals surface area contributed by atoms with Crippen LogP contribution in [0, 0.1) is 13.8 Å². The highest BCUT2D eigenvalue weighted by atomic mass is 32.2. The van der Waals surface area contributed by atoms with Gasteiger partial charge in [-0.2, -0.15) is 4.68 Å². The van der Waals surface area contributed by atoms with E-state index in [4.69, 9.17) is 4.98 Å². The van der Waals surface area contributed by atoms with Crippen molar-refractivity contribution >= 4 is 33.3 Å². The number of unbranched alkanes of at least 4 members (excludes halogenated alkanes) is 1. The molecule has 9 heteroatoms. The number of para-hydroxylation sites is 1. The minimum atomic E-state index is -0.0837. The number of aryl methyl sites for hydroxylation is 2. The summed E-state index contributed by atoms with van der Waals surface area (Å²) in [6.45, 7) is 8.87. The highest BCUT2D eigenvalue weighted by Crippen LogP contribution is 2.35. The topological polar surface area (TPSA) is 78.5 Å². The summed E-state index contributed by atoms with van der Waals surface area (Å²) in [5.74, 6) is 0.723. The van der Waals surface area contributed by atoms with Crippen LogP contribution in [0.25, 0.3) is 15.9 Å². The standard InChI is InChI=1S/C21H24N6OS2/c1-5-6-12-26-20(28)17-13(2)14(3)29-19(17)22-21(26)30-15(4)18-23-24-25-27(18)16-10-8-7-9-11-16/h7-11,15H,5-6,12H2,1-4H3. The van der Waals surface area contributed by atoms with E-state index in [0.717, 1.165) is 50.2 Å². The van der Waals surface area contributed by atoms with Gasteiger partial charge in [0.15, 0.2) is 11.0 Å². The number of hydrogen-bond donors (Lipinski definition) is 0. The molecule has 7 nitrogen and oxygen atoms in total. The summed E-state index contributed by atoms with van der Waals surface area (Å²) in [6, 6.07) is 9.81. The molecule has 0 saturated heterocycles. The van der Waals surface area contributed by atoms with Gasteiger partial charge in [-0.25, -0.2) is 4.98 Å². The van der Waals surface area contributed by atoms with Crippen molar-refractivity contribution in [2.75, 3.05) is 0 Å². The molecule has 3 heterocycles. The number of thioether (sulfide) groups is 1. The van der Waals surface area contributed by atoms with E-state index in [9.17, 15) is 4.79 Å². The lowest BCUT2D eigenvalue weighted by Crippen LogP contribution is -2.23. The molecule has 156 valence electrons. The van der Waals surface area contributed by atoms with Crippen LogP contribution >= 0.6 is 23.1 Å². The maximum Gasteiger partial charge on any atom is 0.263 e. The molecule has 4 rings (SSSR count). The molecule has 0 radical (unpaired) electrons. The summed E-state index contributed by atoms with van der Waals surface area (Å²) in [5, 5.41) is 13.7. The van der Waals surface area contributed by atoms with Crippen LogP contribution < -0.4 is 5.56 Å². The average molecular weight is 441 g/mol. The Morgan fingerprint density at radius 2 is 1.97 bits per heavy atom. The van der Waals surface area contributed by atoms with Gasteiger partial charge in [0, 0.05) is 11.4 Å². The van der Waals surface area contributed by atoms with E-state index in [1.165, 1.54) is 11.8 Å². The monoisotopic (exact) mass is 440 g/mol. The Bertz CT molecular complexity index is 1230. The second-order valence-electron chi connectivity index (χ2n) is 7.21. The van der Waals surface area contributed by atoms with Crippen molar-refractivity contribution in [3.63, 3.8) is 0 Å². The van der Waals surface area contributed by atoms with Gasteiger partial charge < -0.3 is 0 Å². The summed E-state index contributed by atoms with van der Waals surface area (Å²) in [6.07, 6.45) is 1.94. The Morgan fingerprint density at radius 1 is 1.20 bits per heavy atom. The summed E-state index contributed by atoms with van der Waals surface area (Å²) < 4.78 is 3.56. The first kappa shape index (κ1) is 20.7. The zero-order valence-electron chi connectivity index (χ0n) is 17.5. The third kappa shape index (κ3) is 3.79. The highest BCUT2D eigenvalue weighted by molar-refractivity contribution is 7.99. The van der Waals surface area contributed by atoms with Gasteiger partial charge in [0.2, 0.25) is 0 Å². The normalized spacial score (nSPS) is 12.5. The summed E-state index contributed by atoms with van der Waals surface area (Å²) in [7, 11) is 0. The lowest BCUT2D eigenvalue weighted by Gasteiger charge is -2.15. The van der Waals surface area contributed by atoms with Crippen LogP contribution in [0.3, 0.4) is 0 Å². The first-order valence-electron chi connectivity index (χ1n) is 10.0. The molecular weight excluding hydrogens is 416 g/mol. The molecule has 0 aliphatic heterocycles. The molecule has 0 saturated carbocycles. The highest BCUT2D eigenvalue weighted by Gasteiger charge is 2.22. The predicted molar refractivity (Wildman–Crippen MR) is 122 cm³/mol. The summed E-state index contributed by atoms with van der Waals surface area (Å²) >= 11 is 3.11. The predicted octanol–water partition coefficient (Wildman–Crippen LogP) is 4.70. The van der Waals surface area contributed by atoms with E-state index in [-0.39, 0.29) is 10.8 Å². The molecule has 0 N–H and O–H groups in total. The Hall–Kier alpha value is -2.52. The van der Waals surface area contributed by atoms with Crippen LogP contribution in [-0.4, -0.2) is 29.8 Å². The lowest BCUT2D eigenvalue weighted by molar-refractivity contribution is 0.557. The van der Waals surface area contributed by atoms with Crippen LogP contribution in [0.4, 0.5) is 0 Å². The van der Waals surface area contributed by atoms with E-state index in [0.29, 0.717) is 6.54 Å². The number of rotatable bonds is 7. The van der Waals surface area contributed by atoms with Gasteiger partial charge in [0.25, 0.3) is 5.56 Å². The van der Waals surface area contributed by atoms with Crippen molar-refractivity contribution in [2.24, 2.45) is 0 Å². The zero-order chi connectivity index (χ0) is 21.3. The number of aromatic nitrogens is 6. The quantitative estimate of drug-likeness (QED) is 0.306. The fraction of sp³-hybridized carbons (Fsp3) is 0.381. The molecule has 3 aromatic heterocycles. The second kappa shape index (κ2) is 8.69. The second-order valence-corrected chi connectivity index (χ2v) is 9.72. The van der Waals surface area contributed by atoms with Crippen molar-refractivity contribution < 1.29 is 0 Å². The van der Waals surface area contributed by atoms with Gasteiger partial charge in [0.1, 0.15) is 4.83 Å². The van der Waals surface area contributed by atoms with Gasteiger partial charge in [0.05, 0.1) is 16.3 Å². The van der Waals surface area contributed by atoms with Crippen LogP contribution in [0.15, 0.2) is 40.3 Å². The molecular formula is C21H24N6OS2. The molecule has 1 unspecified atom stereocenters. The first-order chi connectivity index (χ1) is 14.5. The van der Waals surface area contributed by atoms with Crippen molar-refractivity contribution in [3.8, 4) is 5.69 Å². The minimum Gasteiger partial charge on any atom is -0.287 e. The van der Waals surface area contributed by atoms with Crippen LogP contribution in [0.5, 0.6) is 0 Å². The Labute approximate surface area is 183 Å². The Balaban J connectivity index is 1.75. The molecule has 0 amide bonds. The summed E-state index contributed by atoms with van der Waals surface area (Å²) in [4.78, 5) is 20.2. The van der Waals surface area contributed by atoms with Crippen LogP contribution in [-0.2, 0) is 6.54 Å². The number of nitrogens with zero attached hydrogens (tertiary/aromatic N) is 6. The fourth-order valence-electron chi connectivity index (χ4n) is 3.32. The molecule has 1 aromatic carbocycles. The zero-order valence-corrected chi connectivity index (χ0v) is 19.1. The number of tetrazole rings is 1. The maximum absolute atomic E-state index is 13.3. The third-order valence-electron chi connectivity index (χ3n) is 5.13. The molecule has 0 spiro atoms. The van der Waals surface area contributed by atoms with Crippen molar-refractivity contribution in [1.82, 2.24) is 29.8 Å².